The minimum Gasteiger partial charge on any atom is -0.375 e. The van der Waals surface area contributed by atoms with Gasteiger partial charge in [-0.1, -0.05) is 6.07 Å². The van der Waals surface area contributed by atoms with E-state index in [4.69, 9.17) is 4.74 Å². The van der Waals surface area contributed by atoms with Gasteiger partial charge in [-0.2, -0.15) is 5.10 Å². The normalized spacial score (nSPS) is 24.6. The van der Waals surface area contributed by atoms with Gasteiger partial charge in [-0.25, -0.2) is 0 Å². The first-order valence-electron chi connectivity index (χ1n) is 9.07. The molecule has 6 heteroatoms. The number of aryl methyl sites for hydroxylation is 1. The topological polar surface area (TPSA) is 54.4 Å². The van der Waals surface area contributed by atoms with Crippen LogP contribution >= 0.6 is 0 Å². The Bertz CT molecular complexity index is 678. The third-order valence-corrected chi connectivity index (χ3v) is 5.15. The Morgan fingerprint density at radius 3 is 2.88 bits per heavy atom. The van der Waals surface area contributed by atoms with E-state index in [1.54, 1.807) is 0 Å². The molecule has 2 aliphatic rings. The smallest absolute Gasteiger partial charge is 0.151 e. The third kappa shape index (κ3) is 3.96. The Hall–Kier alpha value is -2.05. The largest absolute Gasteiger partial charge is 0.375 e. The summed E-state index contributed by atoms with van der Waals surface area (Å²) in [5.74, 6) is 1.51. The van der Waals surface area contributed by atoms with Gasteiger partial charge in [0.25, 0.3) is 0 Å². The summed E-state index contributed by atoms with van der Waals surface area (Å²) in [6, 6.07) is 10.2. The van der Waals surface area contributed by atoms with Crippen molar-refractivity contribution in [3.8, 4) is 0 Å². The van der Waals surface area contributed by atoms with Crippen LogP contribution < -0.4 is 4.90 Å². The van der Waals surface area contributed by atoms with Crippen molar-refractivity contribution in [3.63, 3.8) is 0 Å². The molecule has 0 unspecified atom stereocenters. The molecule has 6 nitrogen and oxygen atoms in total. The van der Waals surface area contributed by atoms with Crippen molar-refractivity contribution in [2.24, 2.45) is 5.92 Å². The van der Waals surface area contributed by atoms with Crippen LogP contribution in [0, 0.1) is 12.8 Å². The summed E-state index contributed by atoms with van der Waals surface area (Å²) in [6.07, 6.45) is 3.30. The van der Waals surface area contributed by atoms with Gasteiger partial charge >= 0.3 is 0 Å². The molecule has 0 N–H and O–H groups in total. The van der Waals surface area contributed by atoms with E-state index in [0.29, 0.717) is 12.0 Å². The molecule has 2 atom stereocenters. The van der Waals surface area contributed by atoms with Crippen LogP contribution in [0.2, 0.25) is 0 Å². The van der Waals surface area contributed by atoms with Gasteiger partial charge in [0.2, 0.25) is 0 Å². The number of fused-ring (bicyclic) bond motifs is 1. The van der Waals surface area contributed by atoms with Gasteiger partial charge in [0.05, 0.1) is 24.1 Å². The molecule has 25 heavy (non-hydrogen) atoms. The number of piperidine rings is 1. The maximum absolute atomic E-state index is 6.20. The lowest BCUT2D eigenvalue weighted by Gasteiger charge is -2.37. The van der Waals surface area contributed by atoms with E-state index in [9.17, 15) is 0 Å². The maximum atomic E-state index is 6.20. The summed E-state index contributed by atoms with van der Waals surface area (Å²) in [5.41, 5.74) is 2.08. The fourth-order valence-corrected chi connectivity index (χ4v) is 3.75. The minimum absolute atomic E-state index is 0.292. The summed E-state index contributed by atoms with van der Waals surface area (Å²) in [6.45, 7) is 7.57. The summed E-state index contributed by atoms with van der Waals surface area (Å²) in [5, 5.41) is 8.55. The van der Waals surface area contributed by atoms with Crippen LogP contribution in [0.25, 0.3) is 0 Å². The minimum atomic E-state index is 0.292. The van der Waals surface area contributed by atoms with Crippen molar-refractivity contribution in [1.29, 1.82) is 0 Å². The summed E-state index contributed by atoms with van der Waals surface area (Å²) < 4.78 is 6.20. The molecule has 0 saturated carbocycles. The van der Waals surface area contributed by atoms with Crippen LogP contribution in [0.5, 0.6) is 0 Å². The Kier molecular flexibility index (Phi) is 4.90. The van der Waals surface area contributed by atoms with Crippen LogP contribution in [-0.2, 0) is 11.3 Å². The molecule has 4 heterocycles. The molecule has 0 bridgehead atoms. The van der Waals surface area contributed by atoms with Crippen molar-refractivity contribution in [2.75, 3.05) is 37.7 Å². The zero-order valence-corrected chi connectivity index (χ0v) is 14.7. The van der Waals surface area contributed by atoms with Gasteiger partial charge in [0.15, 0.2) is 5.82 Å². The Morgan fingerprint density at radius 2 is 2.08 bits per heavy atom. The number of hydrogen-bond donors (Lipinski definition) is 0. The fraction of sp³-hybridized carbons (Fsp3) is 0.526. The molecule has 2 aliphatic heterocycles. The van der Waals surface area contributed by atoms with Gasteiger partial charge in [-0.15, -0.1) is 5.10 Å². The molecule has 2 fully saturated rings. The lowest BCUT2D eigenvalue weighted by atomic mass is 9.93. The molecular formula is C19H25N5O. The number of aromatic nitrogens is 3. The molecule has 0 radical (unpaired) electrons. The molecule has 0 spiro atoms. The summed E-state index contributed by atoms with van der Waals surface area (Å²) >= 11 is 0. The second-order valence-corrected chi connectivity index (χ2v) is 6.99. The highest BCUT2D eigenvalue weighted by Gasteiger charge is 2.33. The second-order valence-electron chi connectivity index (χ2n) is 6.99. The average molecular weight is 339 g/mol. The van der Waals surface area contributed by atoms with E-state index in [2.05, 4.69) is 43.2 Å². The predicted molar refractivity (Wildman–Crippen MR) is 96.3 cm³/mol. The van der Waals surface area contributed by atoms with Gasteiger partial charge in [-0.3, -0.25) is 9.88 Å². The number of ether oxygens (including phenoxy) is 1. The quantitative estimate of drug-likeness (QED) is 0.851. The zero-order chi connectivity index (χ0) is 17.1. The first-order valence-corrected chi connectivity index (χ1v) is 9.07. The number of pyridine rings is 1. The Balaban J connectivity index is 1.39. The van der Waals surface area contributed by atoms with E-state index in [0.717, 1.165) is 63.0 Å². The first kappa shape index (κ1) is 16.4. The summed E-state index contributed by atoms with van der Waals surface area (Å²) in [7, 11) is 0. The molecular weight excluding hydrogens is 314 g/mol. The van der Waals surface area contributed by atoms with E-state index < -0.39 is 0 Å². The van der Waals surface area contributed by atoms with Crippen LogP contribution in [-0.4, -0.2) is 59.0 Å². The van der Waals surface area contributed by atoms with Crippen molar-refractivity contribution < 1.29 is 4.74 Å². The Labute approximate surface area is 148 Å². The highest BCUT2D eigenvalue weighted by molar-refractivity contribution is 5.37. The average Bonchev–Trinajstić information content (AvgIpc) is 2.85. The Morgan fingerprint density at radius 1 is 1.12 bits per heavy atom. The SMILES string of the molecule is Cc1ccc(N2CCO[C@@H]3CN(Cc4ccccn4)CC[C@@H]3C2)nn1. The molecule has 0 aromatic carbocycles. The van der Waals surface area contributed by atoms with E-state index in [1.165, 1.54) is 0 Å². The molecule has 2 aromatic heterocycles. The highest BCUT2D eigenvalue weighted by atomic mass is 16.5. The lowest BCUT2D eigenvalue weighted by molar-refractivity contribution is -0.0242. The first-order chi connectivity index (χ1) is 12.3. The van der Waals surface area contributed by atoms with E-state index in [-0.39, 0.29) is 0 Å². The van der Waals surface area contributed by atoms with Crippen LogP contribution in [0.3, 0.4) is 0 Å². The standard InChI is InChI=1S/C19H25N5O/c1-15-5-6-19(22-21-15)24-10-11-25-18-14-23(9-7-16(18)12-24)13-17-4-2-3-8-20-17/h2-6,8,16,18H,7,9-14H2,1H3/t16-,18-/m1/s1. The highest BCUT2D eigenvalue weighted by Crippen LogP contribution is 2.26. The second kappa shape index (κ2) is 7.45. The van der Waals surface area contributed by atoms with Crippen LogP contribution in [0.1, 0.15) is 17.8 Å². The third-order valence-electron chi connectivity index (χ3n) is 5.15. The lowest BCUT2D eigenvalue weighted by Crippen LogP contribution is -2.46. The van der Waals surface area contributed by atoms with Crippen molar-refractivity contribution in [2.45, 2.75) is 26.0 Å². The molecule has 2 aromatic rings. The van der Waals surface area contributed by atoms with Gasteiger partial charge in [0, 0.05) is 38.3 Å². The molecule has 132 valence electrons. The van der Waals surface area contributed by atoms with Gasteiger partial charge < -0.3 is 9.64 Å². The molecule has 0 amide bonds. The fourth-order valence-electron chi connectivity index (χ4n) is 3.75. The molecule has 2 saturated heterocycles. The van der Waals surface area contributed by atoms with Gasteiger partial charge in [0.1, 0.15) is 0 Å². The predicted octanol–water partition coefficient (Wildman–Crippen LogP) is 1.91. The maximum Gasteiger partial charge on any atom is 0.151 e. The van der Waals surface area contributed by atoms with Crippen molar-refractivity contribution in [3.05, 3.63) is 47.9 Å². The zero-order valence-electron chi connectivity index (χ0n) is 14.7. The molecule has 0 aliphatic carbocycles. The summed E-state index contributed by atoms with van der Waals surface area (Å²) in [4.78, 5) is 9.24. The van der Waals surface area contributed by atoms with E-state index in [1.807, 2.05) is 25.3 Å². The number of nitrogens with zero attached hydrogens (tertiary/aromatic N) is 5. The number of anilines is 1. The molecule has 4 rings (SSSR count). The number of rotatable bonds is 3. The number of hydrogen-bond acceptors (Lipinski definition) is 6. The van der Waals surface area contributed by atoms with Crippen molar-refractivity contribution in [1.82, 2.24) is 20.1 Å². The van der Waals surface area contributed by atoms with Crippen LogP contribution in [0.15, 0.2) is 36.5 Å². The van der Waals surface area contributed by atoms with Crippen molar-refractivity contribution >= 4 is 5.82 Å². The van der Waals surface area contributed by atoms with E-state index >= 15 is 0 Å². The monoisotopic (exact) mass is 339 g/mol. The van der Waals surface area contributed by atoms with Gasteiger partial charge in [-0.05, 0) is 44.2 Å². The number of likely N-dealkylation sites (tertiary alicyclic amines) is 1. The van der Waals surface area contributed by atoms with Crippen LogP contribution in [0.4, 0.5) is 5.82 Å².